The molecule has 0 aromatic heterocycles. The van der Waals surface area contributed by atoms with Gasteiger partial charge in [-0.2, -0.15) is 0 Å². The summed E-state index contributed by atoms with van der Waals surface area (Å²) in [5.41, 5.74) is 1.97. The molecule has 0 spiro atoms. The van der Waals surface area contributed by atoms with Gasteiger partial charge in [-0.05, 0) is 25.8 Å². The van der Waals surface area contributed by atoms with Crippen LogP contribution in [-0.4, -0.2) is 26.4 Å². The number of ether oxygens (including phenoxy) is 1. The van der Waals surface area contributed by atoms with Gasteiger partial charge in [-0.15, -0.1) is 0 Å². The Balaban J connectivity index is 2.20. The van der Waals surface area contributed by atoms with Crippen LogP contribution in [0.25, 0.3) is 0 Å². The summed E-state index contributed by atoms with van der Waals surface area (Å²) in [4.78, 5) is 25.3. The van der Waals surface area contributed by atoms with Crippen LogP contribution in [0.4, 0.5) is 0 Å². The summed E-state index contributed by atoms with van der Waals surface area (Å²) >= 11 is 0. The zero-order valence-electron chi connectivity index (χ0n) is 15.2. The lowest BCUT2D eigenvalue weighted by Gasteiger charge is -2.31. The summed E-state index contributed by atoms with van der Waals surface area (Å²) in [7, 11) is -1.27. The number of ketones is 1. The second-order valence-electron chi connectivity index (χ2n) is 7.79. The highest BCUT2D eigenvalue weighted by molar-refractivity contribution is 6.76. The SMILES string of the molecule is C/C=C(/CC1C(=O)OCCC1C(=O)c1ccccc1)C[Si](C)(C)C. The summed E-state index contributed by atoms with van der Waals surface area (Å²) in [6.45, 7) is 9.34. The quantitative estimate of drug-likeness (QED) is 0.324. The predicted molar refractivity (Wildman–Crippen MR) is 99.9 cm³/mol. The first-order valence-corrected chi connectivity index (χ1v) is 12.4. The molecule has 0 amide bonds. The third kappa shape index (κ3) is 4.90. The smallest absolute Gasteiger partial charge is 0.310 e. The summed E-state index contributed by atoms with van der Waals surface area (Å²) in [5.74, 6) is -0.773. The minimum absolute atomic E-state index is 0.0701. The molecule has 2 atom stereocenters. The fourth-order valence-corrected chi connectivity index (χ4v) is 5.08. The Morgan fingerprint density at radius 3 is 2.50 bits per heavy atom. The molecule has 130 valence electrons. The van der Waals surface area contributed by atoms with E-state index >= 15 is 0 Å². The average Bonchev–Trinajstić information content (AvgIpc) is 2.54. The van der Waals surface area contributed by atoms with Gasteiger partial charge in [-0.25, -0.2) is 0 Å². The van der Waals surface area contributed by atoms with Gasteiger partial charge in [0.25, 0.3) is 0 Å². The van der Waals surface area contributed by atoms with Crippen LogP contribution in [0.15, 0.2) is 42.0 Å². The maximum atomic E-state index is 12.9. The Morgan fingerprint density at radius 2 is 1.92 bits per heavy atom. The van der Waals surface area contributed by atoms with Crippen molar-refractivity contribution < 1.29 is 14.3 Å². The Morgan fingerprint density at radius 1 is 1.25 bits per heavy atom. The van der Waals surface area contributed by atoms with Crippen molar-refractivity contribution in [1.29, 1.82) is 0 Å². The maximum Gasteiger partial charge on any atom is 0.310 e. The summed E-state index contributed by atoms with van der Waals surface area (Å²) < 4.78 is 5.28. The molecule has 1 saturated heterocycles. The lowest BCUT2D eigenvalue weighted by atomic mass is 9.79. The molecule has 0 N–H and O–H groups in total. The van der Waals surface area contributed by atoms with Crippen molar-refractivity contribution in [3.63, 3.8) is 0 Å². The molecule has 3 nitrogen and oxygen atoms in total. The zero-order chi connectivity index (χ0) is 17.7. The van der Waals surface area contributed by atoms with Crippen molar-refractivity contribution in [2.45, 2.75) is 45.5 Å². The molecule has 1 aliphatic rings. The number of allylic oxidation sites excluding steroid dienone is 2. The van der Waals surface area contributed by atoms with Crippen molar-refractivity contribution in [2.24, 2.45) is 11.8 Å². The van der Waals surface area contributed by atoms with Gasteiger partial charge in [0, 0.05) is 19.6 Å². The predicted octanol–water partition coefficient (Wildman–Crippen LogP) is 4.72. The number of carbonyl (C=O) groups excluding carboxylic acids is 2. The molecule has 1 aromatic carbocycles. The monoisotopic (exact) mass is 344 g/mol. The third-order valence-electron chi connectivity index (χ3n) is 4.50. The van der Waals surface area contributed by atoms with E-state index in [1.807, 2.05) is 37.3 Å². The van der Waals surface area contributed by atoms with Gasteiger partial charge in [-0.1, -0.05) is 61.6 Å². The van der Waals surface area contributed by atoms with E-state index in [0.29, 0.717) is 25.0 Å². The van der Waals surface area contributed by atoms with Crippen LogP contribution in [-0.2, 0) is 9.53 Å². The van der Waals surface area contributed by atoms with Crippen LogP contribution in [0.2, 0.25) is 25.7 Å². The maximum absolute atomic E-state index is 12.9. The van der Waals surface area contributed by atoms with Crippen LogP contribution in [0.3, 0.4) is 0 Å². The van der Waals surface area contributed by atoms with Gasteiger partial charge >= 0.3 is 5.97 Å². The number of benzene rings is 1. The van der Waals surface area contributed by atoms with Gasteiger partial charge in [0.05, 0.1) is 12.5 Å². The minimum Gasteiger partial charge on any atom is -0.465 e. The lowest BCUT2D eigenvalue weighted by Crippen LogP contribution is -2.37. The molecule has 1 heterocycles. The fourth-order valence-electron chi connectivity index (χ4n) is 3.37. The first kappa shape index (κ1) is 18.7. The Labute approximate surface area is 146 Å². The number of hydrogen-bond acceptors (Lipinski definition) is 3. The van der Waals surface area contributed by atoms with Crippen molar-refractivity contribution in [3.8, 4) is 0 Å². The highest BCUT2D eigenvalue weighted by atomic mass is 28.3. The molecule has 0 aliphatic carbocycles. The van der Waals surface area contributed by atoms with Crippen molar-refractivity contribution in [3.05, 3.63) is 47.5 Å². The molecule has 0 bridgehead atoms. The van der Waals surface area contributed by atoms with E-state index in [0.717, 1.165) is 6.04 Å². The lowest BCUT2D eigenvalue weighted by molar-refractivity contribution is -0.155. The van der Waals surface area contributed by atoms with Crippen molar-refractivity contribution in [2.75, 3.05) is 6.61 Å². The fraction of sp³-hybridized carbons (Fsp3) is 0.500. The number of carbonyl (C=O) groups is 2. The average molecular weight is 345 g/mol. The number of rotatable bonds is 6. The largest absolute Gasteiger partial charge is 0.465 e. The first-order valence-electron chi connectivity index (χ1n) is 8.72. The van der Waals surface area contributed by atoms with Crippen LogP contribution in [0.5, 0.6) is 0 Å². The number of Topliss-reactive ketones (excluding diaryl/α,β-unsaturated/α-hetero) is 1. The Kier molecular flexibility index (Phi) is 6.16. The molecule has 0 saturated carbocycles. The van der Waals surface area contributed by atoms with Gasteiger partial charge in [-0.3, -0.25) is 9.59 Å². The van der Waals surface area contributed by atoms with E-state index in [4.69, 9.17) is 4.74 Å². The van der Waals surface area contributed by atoms with E-state index in [2.05, 4.69) is 25.7 Å². The topological polar surface area (TPSA) is 43.4 Å². The highest BCUT2D eigenvalue weighted by Gasteiger charge is 2.39. The molecule has 0 radical (unpaired) electrons. The molecule has 2 rings (SSSR count). The second kappa shape index (κ2) is 7.93. The van der Waals surface area contributed by atoms with Crippen molar-refractivity contribution in [1.82, 2.24) is 0 Å². The van der Waals surface area contributed by atoms with Crippen LogP contribution < -0.4 is 0 Å². The molecule has 24 heavy (non-hydrogen) atoms. The summed E-state index contributed by atoms with van der Waals surface area (Å²) in [5, 5.41) is 0. The number of esters is 1. The minimum atomic E-state index is -1.27. The van der Waals surface area contributed by atoms with Gasteiger partial charge in [0.15, 0.2) is 5.78 Å². The van der Waals surface area contributed by atoms with Gasteiger partial charge in [0.2, 0.25) is 0 Å². The highest BCUT2D eigenvalue weighted by Crippen LogP contribution is 2.33. The van der Waals surface area contributed by atoms with E-state index in [9.17, 15) is 9.59 Å². The molecule has 1 aliphatic heterocycles. The van der Waals surface area contributed by atoms with E-state index in [1.165, 1.54) is 5.57 Å². The molecule has 1 fully saturated rings. The third-order valence-corrected chi connectivity index (χ3v) is 6.02. The molecule has 4 heteroatoms. The first-order chi connectivity index (χ1) is 11.3. The molecule has 2 unspecified atom stereocenters. The summed E-state index contributed by atoms with van der Waals surface area (Å²) in [6.07, 6.45) is 3.38. The van der Waals surface area contributed by atoms with E-state index < -0.39 is 8.07 Å². The number of hydrogen-bond donors (Lipinski definition) is 0. The van der Waals surface area contributed by atoms with Gasteiger partial charge in [0.1, 0.15) is 0 Å². The standard InChI is InChI=1S/C20H28O3Si/c1-5-15(14-24(2,3)4)13-18-17(11-12-23-20(18)22)19(21)16-9-7-6-8-10-16/h5-10,17-18H,11-14H2,1-4H3/b15-5-. The van der Waals surface area contributed by atoms with Gasteiger partial charge < -0.3 is 4.74 Å². The van der Waals surface area contributed by atoms with Crippen LogP contribution in [0, 0.1) is 11.8 Å². The zero-order valence-corrected chi connectivity index (χ0v) is 16.2. The molecular formula is C20H28O3Si. The van der Waals surface area contributed by atoms with Crippen molar-refractivity contribution >= 4 is 19.8 Å². The normalized spacial score (nSPS) is 22.2. The number of cyclic esters (lactones) is 1. The summed E-state index contributed by atoms with van der Waals surface area (Å²) in [6, 6.07) is 10.3. The van der Waals surface area contributed by atoms with E-state index in [-0.39, 0.29) is 23.6 Å². The molecular weight excluding hydrogens is 316 g/mol. The Hall–Kier alpha value is -1.68. The Bertz CT molecular complexity index is 614. The van der Waals surface area contributed by atoms with Crippen LogP contribution >= 0.6 is 0 Å². The molecule has 1 aromatic rings. The van der Waals surface area contributed by atoms with Crippen LogP contribution in [0.1, 0.15) is 30.1 Å². The second-order valence-corrected chi connectivity index (χ2v) is 13.3. The van der Waals surface area contributed by atoms with E-state index in [1.54, 1.807) is 0 Å².